The zero-order valence-corrected chi connectivity index (χ0v) is 12.9. The number of rotatable bonds is 2. The van der Waals surface area contributed by atoms with Crippen molar-refractivity contribution in [2.75, 3.05) is 5.73 Å². The zero-order valence-electron chi connectivity index (χ0n) is 12.1. The van der Waals surface area contributed by atoms with Gasteiger partial charge in [-0.25, -0.2) is 19.6 Å². The number of fused-ring (bicyclic) bond motifs is 1. The summed E-state index contributed by atoms with van der Waals surface area (Å²) >= 11 is 1.47. The van der Waals surface area contributed by atoms with Crippen LogP contribution in [0.5, 0.6) is 0 Å². The molecule has 7 heteroatoms. The lowest BCUT2D eigenvalue weighted by atomic mass is 10.1. The van der Waals surface area contributed by atoms with E-state index in [1.54, 1.807) is 6.20 Å². The number of nitrogens with two attached hydrogens (primary N) is 1. The molecule has 0 spiro atoms. The molecule has 0 amide bonds. The Bertz CT molecular complexity index is 775. The molecule has 2 N–H and O–H groups in total. The first kappa shape index (κ1) is 13.8. The van der Waals surface area contributed by atoms with E-state index in [9.17, 15) is 0 Å². The molecule has 0 fully saturated rings. The summed E-state index contributed by atoms with van der Waals surface area (Å²) in [6.45, 7) is 6.23. The van der Waals surface area contributed by atoms with Crippen LogP contribution in [0.25, 0.3) is 11.0 Å². The Morgan fingerprint density at radius 3 is 2.62 bits per heavy atom. The van der Waals surface area contributed by atoms with Gasteiger partial charge in [-0.2, -0.15) is 5.10 Å². The molecule has 3 aromatic heterocycles. The highest BCUT2D eigenvalue weighted by Gasteiger charge is 2.23. The van der Waals surface area contributed by atoms with Crippen LogP contribution < -0.4 is 5.73 Å². The zero-order chi connectivity index (χ0) is 15.0. The van der Waals surface area contributed by atoms with Crippen molar-refractivity contribution in [3.05, 3.63) is 30.7 Å². The van der Waals surface area contributed by atoms with Crippen LogP contribution in [-0.4, -0.2) is 24.7 Å². The maximum Gasteiger partial charge on any atom is 0.165 e. The van der Waals surface area contributed by atoms with Crippen LogP contribution in [0.2, 0.25) is 0 Å². The Hall–Kier alpha value is -2.15. The summed E-state index contributed by atoms with van der Waals surface area (Å²) in [5, 5.41) is 7.09. The minimum atomic E-state index is -0.192. The molecule has 0 aliphatic carbocycles. The molecular weight excluding hydrogens is 284 g/mol. The van der Waals surface area contributed by atoms with E-state index in [1.807, 2.05) is 22.9 Å². The van der Waals surface area contributed by atoms with Gasteiger partial charge in [0.1, 0.15) is 22.2 Å². The van der Waals surface area contributed by atoms with E-state index < -0.39 is 0 Å². The third kappa shape index (κ3) is 2.56. The van der Waals surface area contributed by atoms with Crippen LogP contribution >= 0.6 is 11.8 Å². The van der Waals surface area contributed by atoms with E-state index >= 15 is 0 Å². The lowest BCUT2D eigenvalue weighted by Gasteiger charge is -2.19. The molecule has 3 rings (SSSR count). The van der Waals surface area contributed by atoms with Crippen molar-refractivity contribution >= 4 is 28.6 Å². The van der Waals surface area contributed by atoms with Gasteiger partial charge in [0.25, 0.3) is 0 Å². The van der Waals surface area contributed by atoms with Gasteiger partial charge in [0.05, 0.1) is 10.9 Å². The quantitative estimate of drug-likeness (QED) is 0.783. The predicted molar refractivity (Wildman–Crippen MR) is 83.1 cm³/mol. The van der Waals surface area contributed by atoms with E-state index in [0.29, 0.717) is 5.82 Å². The van der Waals surface area contributed by atoms with E-state index in [2.05, 4.69) is 40.8 Å². The van der Waals surface area contributed by atoms with Crippen LogP contribution in [0.3, 0.4) is 0 Å². The molecule has 0 saturated carbocycles. The molecule has 0 aliphatic rings. The molecule has 0 aliphatic heterocycles. The van der Waals surface area contributed by atoms with Gasteiger partial charge in [-0.3, -0.25) is 0 Å². The summed E-state index contributed by atoms with van der Waals surface area (Å²) in [6.07, 6.45) is 3.22. The average Bonchev–Trinajstić information content (AvgIpc) is 2.80. The maximum absolute atomic E-state index is 6.03. The van der Waals surface area contributed by atoms with E-state index in [1.165, 1.54) is 18.1 Å². The Morgan fingerprint density at radius 1 is 1.14 bits per heavy atom. The van der Waals surface area contributed by atoms with Crippen molar-refractivity contribution in [1.82, 2.24) is 24.7 Å². The van der Waals surface area contributed by atoms with Crippen molar-refractivity contribution < 1.29 is 0 Å². The highest BCUT2D eigenvalue weighted by atomic mass is 32.2. The fourth-order valence-corrected chi connectivity index (χ4v) is 2.87. The Morgan fingerprint density at radius 2 is 1.95 bits per heavy atom. The van der Waals surface area contributed by atoms with Crippen LogP contribution in [0.1, 0.15) is 20.8 Å². The third-order valence-corrected chi connectivity index (χ3v) is 3.87. The summed E-state index contributed by atoms with van der Waals surface area (Å²) in [4.78, 5) is 12.7. The topological polar surface area (TPSA) is 82.5 Å². The van der Waals surface area contributed by atoms with Gasteiger partial charge in [-0.05, 0) is 44.7 Å². The molecule has 0 saturated heterocycles. The van der Waals surface area contributed by atoms with Crippen molar-refractivity contribution in [2.24, 2.45) is 0 Å². The summed E-state index contributed by atoms with van der Waals surface area (Å²) in [5.74, 6) is 0.439. The lowest BCUT2D eigenvalue weighted by Crippen LogP contribution is -2.23. The Balaban J connectivity index is 2.19. The number of aromatic nitrogens is 5. The standard InChI is InChI=1S/C14H16N6S/c1-14(2,3)20-12-10(11(15)17-8-18-12)13(19-20)21-9-6-4-5-7-16-9/h4-8H,1-3H3,(H2,15,17,18). The van der Waals surface area contributed by atoms with Crippen molar-refractivity contribution in [1.29, 1.82) is 0 Å². The van der Waals surface area contributed by atoms with Gasteiger partial charge in [-0.1, -0.05) is 6.07 Å². The summed E-state index contributed by atoms with van der Waals surface area (Å²) in [6, 6.07) is 5.76. The lowest BCUT2D eigenvalue weighted by molar-refractivity contribution is 0.360. The number of hydrogen-bond acceptors (Lipinski definition) is 6. The highest BCUT2D eigenvalue weighted by Crippen LogP contribution is 2.35. The third-order valence-electron chi connectivity index (χ3n) is 2.94. The Kier molecular flexibility index (Phi) is 3.29. The first-order chi connectivity index (χ1) is 9.97. The summed E-state index contributed by atoms with van der Waals surface area (Å²) in [5.41, 5.74) is 6.58. The first-order valence-corrected chi connectivity index (χ1v) is 7.37. The van der Waals surface area contributed by atoms with Crippen LogP contribution in [0.15, 0.2) is 40.8 Å². The molecule has 0 radical (unpaired) electrons. The fraction of sp³-hybridized carbons (Fsp3) is 0.286. The first-order valence-electron chi connectivity index (χ1n) is 6.55. The number of nitrogen functional groups attached to an aromatic ring is 1. The minimum Gasteiger partial charge on any atom is -0.383 e. The molecule has 21 heavy (non-hydrogen) atoms. The van der Waals surface area contributed by atoms with E-state index in [-0.39, 0.29) is 5.54 Å². The van der Waals surface area contributed by atoms with Crippen molar-refractivity contribution in [3.63, 3.8) is 0 Å². The second-order valence-electron chi connectivity index (χ2n) is 5.62. The second kappa shape index (κ2) is 5.00. The molecule has 0 aromatic carbocycles. The van der Waals surface area contributed by atoms with Gasteiger partial charge in [-0.15, -0.1) is 0 Å². The fourth-order valence-electron chi connectivity index (χ4n) is 1.99. The van der Waals surface area contributed by atoms with Gasteiger partial charge in [0.15, 0.2) is 5.65 Å². The largest absolute Gasteiger partial charge is 0.383 e. The molecule has 3 heterocycles. The normalized spacial score (nSPS) is 12.0. The highest BCUT2D eigenvalue weighted by molar-refractivity contribution is 7.99. The van der Waals surface area contributed by atoms with E-state index in [0.717, 1.165) is 21.1 Å². The van der Waals surface area contributed by atoms with Crippen LogP contribution in [-0.2, 0) is 5.54 Å². The maximum atomic E-state index is 6.03. The Labute approximate surface area is 126 Å². The molecule has 0 bridgehead atoms. The molecule has 6 nitrogen and oxygen atoms in total. The monoisotopic (exact) mass is 300 g/mol. The van der Waals surface area contributed by atoms with Gasteiger partial charge < -0.3 is 5.73 Å². The summed E-state index contributed by atoms with van der Waals surface area (Å²) < 4.78 is 1.88. The number of hydrogen-bond donors (Lipinski definition) is 1. The van der Waals surface area contributed by atoms with Crippen molar-refractivity contribution in [2.45, 2.75) is 36.4 Å². The molecule has 108 valence electrons. The molecule has 0 atom stereocenters. The van der Waals surface area contributed by atoms with Gasteiger partial charge in [0, 0.05) is 6.20 Å². The van der Waals surface area contributed by atoms with Crippen molar-refractivity contribution in [3.8, 4) is 0 Å². The van der Waals surface area contributed by atoms with Gasteiger partial charge in [0.2, 0.25) is 0 Å². The molecular formula is C14H16N6S. The van der Waals surface area contributed by atoms with E-state index in [4.69, 9.17) is 5.73 Å². The molecule has 0 unspecified atom stereocenters. The van der Waals surface area contributed by atoms with Crippen LogP contribution in [0.4, 0.5) is 5.82 Å². The number of nitrogens with zero attached hydrogens (tertiary/aromatic N) is 5. The molecule has 3 aromatic rings. The van der Waals surface area contributed by atoms with Gasteiger partial charge >= 0.3 is 0 Å². The number of pyridine rings is 1. The predicted octanol–water partition coefficient (Wildman–Crippen LogP) is 2.71. The van der Waals surface area contributed by atoms with Crippen LogP contribution in [0, 0.1) is 0 Å². The second-order valence-corrected chi connectivity index (χ2v) is 6.62. The minimum absolute atomic E-state index is 0.192. The smallest absolute Gasteiger partial charge is 0.165 e. The number of anilines is 1. The summed E-state index contributed by atoms with van der Waals surface area (Å²) in [7, 11) is 0. The average molecular weight is 300 g/mol. The SMILES string of the molecule is CC(C)(C)n1nc(Sc2ccccn2)c2c(N)ncnc21.